The van der Waals surface area contributed by atoms with E-state index in [1.54, 1.807) is 58.3 Å². The maximum atomic E-state index is 12.2. The van der Waals surface area contributed by atoms with Crippen LogP contribution in [0.4, 0.5) is 16.3 Å². The maximum absolute atomic E-state index is 12.2. The summed E-state index contributed by atoms with van der Waals surface area (Å²) in [5, 5.41) is 5.59. The van der Waals surface area contributed by atoms with E-state index in [0.29, 0.717) is 17.4 Å². The van der Waals surface area contributed by atoms with Crippen LogP contribution in [0, 0.1) is 0 Å². The van der Waals surface area contributed by atoms with E-state index in [0.717, 1.165) is 4.47 Å². The normalized spacial score (nSPS) is 11.0. The summed E-state index contributed by atoms with van der Waals surface area (Å²) >= 11 is 3.36. The summed E-state index contributed by atoms with van der Waals surface area (Å²) < 4.78 is 12.9. The Labute approximate surface area is 166 Å². The van der Waals surface area contributed by atoms with Gasteiger partial charge in [0, 0.05) is 23.8 Å². The molecule has 8 nitrogen and oxygen atoms in total. The second-order valence-corrected chi connectivity index (χ2v) is 7.67. The lowest BCUT2D eigenvalue weighted by atomic mass is 10.2. The van der Waals surface area contributed by atoms with Gasteiger partial charge in [-0.25, -0.2) is 4.79 Å². The third kappa shape index (κ3) is 6.93. The van der Waals surface area contributed by atoms with Gasteiger partial charge < -0.3 is 24.7 Å². The van der Waals surface area contributed by atoms with E-state index in [1.807, 2.05) is 0 Å². The van der Waals surface area contributed by atoms with Crippen LogP contribution < -0.4 is 20.9 Å². The molecule has 2 aromatic heterocycles. The highest BCUT2D eigenvalue weighted by Crippen LogP contribution is 2.17. The zero-order valence-electron chi connectivity index (χ0n) is 15.7. The van der Waals surface area contributed by atoms with E-state index in [-0.39, 0.29) is 18.7 Å². The number of carbonyl (C=O) groups excluding carboxylic acids is 1. The first-order valence-corrected chi connectivity index (χ1v) is 9.13. The standard InChI is InChI=1S/C18H23BrN4O4/c1-18(2,3)27-17(25)20-8-9-26-15-7-5-6-14(22-15)21-13-10-12(19)11-23(4)16(13)24/h5-7,10-11H,8-9H2,1-4H3,(H,20,25)(H,21,22). The number of aryl methyl sites for hydroxylation is 1. The number of nitrogens with zero attached hydrogens (tertiary/aromatic N) is 2. The van der Waals surface area contributed by atoms with Crippen LogP contribution in [0.2, 0.25) is 0 Å². The third-order valence-corrected chi connectivity index (χ3v) is 3.59. The highest BCUT2D eigenvalue weighted by molar-refractivity contribution is 9.10. The lowest BCUT2D eigenvalue weighted by Crippen LogP contribution is -2.34. The minimum atomic E-state index is -0.546. The number of carbonyl (C=O) groups is 1. The first-order valence-electron chi connectivity index (χ1n) is 8.34. The molecule has 0 aliphatic heterocycles. The Morgan fingerprint density at radius 2 is 2.07 bits per heavy atom. The van der Waals surface area contributed by atoms with Crippen molar-refractivity contribution in [2.45, 2.75) is 26.4 Å². The number of aromatic nitrogens is 2. The third-order valence-electron chi connectivity index (χ3n) is 3.16. The van der Waals surface area contributed by atoms with Crippen molar-refractivity contribution in [1.82, 2.24) is 14.9 Å². The number of pyridine rings is 2. The van der Waals surface area contributed by atoms with Gasteiger partial charge in [0.1, 0.15) is 23.7 Å². The van der Waals surface area contributed by atoms with Crippen LogP contribution >= 0.6 is 15.9 Å². The zero-order valence-corrected chi connectivity index (χ0v) is 17.3. The van der Waals surface area contributed by atoms with Gasteiger partial charge >= 0.3 is 6.09 Å². The van der Waals surface area contributed by atoms with Crippen LogP contribution in [0.5, 0.6) is 5.88 Å². The Bertz CT molecular complexity index is 861. The largest absolute Gasteiger partial charge is 0.476 e. The van der Waals surface area contributed by atoms with E-state index >= 15 is 0 Å². The summed E-state index contributed by atoms with van der Waals surface area (Å²) in [5.41, 5.74) is -0.327. The van der Waals surface area contributed by atoms with Gasteiger partial charge in [0.2, 0.25) is 5.88 Å². The Morgan fingerprint density at radius 1 is 1.33 bits per heavy atom. The number of hydrogen-bond acceptors (Lipinski definition) is 6. The zero-order chi connectivity index (χ0) is 20.0. The molecule has 2 rings (SSSR count). The molecule has 2 heterocycles. The molecule has 0 saturated carbocycles. The van der Waals surface area contributed by atoms with Crippen LogP contribution in [-0.4, -0.2) is 34.4 Å². The van der Waals surface area contributed by atoms with Crippen molar-refractivity contribution < 1.29 is 14.3 Å². The number of alkyl carbamates (subject to hydrolysis) is 1. The molecule has 0 fully saturated rings. The van der Waals surface area contributed by atoms with E-state index in [4.69, 9.17) is 9.47 Å². The average Bonchev–Trinajstić information content (AvgIpc) is 2.55. The number of rotatable bonds is 6. The Balaban J connectivity index is 1.91. The molecule has 0 unspecified atom stereocenters. The predicted octanol–water partition coefficient (Wildman–Crippen LogP) is 3.19. The van der Waals surface area contributed by atoms with Crippen LogP contribution in [0.3, 0.4) is 0 Å². The fraction of sp³-hybridized carbons (Fsp3) is 0.389. The SMILES string of the molecule is Cn1cc(Br)cc(Nc2cccc(OCCNC(=O)OC(C)(C)C)n2)c1=O. The van der Waals surface area contributed by atoms with E-state index in [1.165, 1.54) is 4.57 Å². The Morgan fingerprint density at radius 3 is 2.78 bits per heavy atom. The molecule has 2 N–H and O–H groups in total. The number of hydrogen-bond donors (Lipinski definition) is 2. The smallest absolute Gasteiger partial charge is 0.407 e. The molecule has 9 heteroatoms. The molecule has 0 aliphatic rings. The van der Waals surface area contributed by atoms with Gasteiger partial charge in [-0.05, 0) is 48.8 Å². The van der Waals surface area contributed by atoms with Gasteiger partial charge in [0.25, 0.3) is 5.56 Å². The van der Waals surface area contributed by atoms with Gasteiger partial charge in [-0.15, -0.1) is 0 Å². The van der Waals surface area contributed by atoms with Gasteiger partial charge in [-0.1, -0.05) is 6.07 Å². The fourth-order valence-electron chi connectivity index (χ4n) is 2.09. The van der Waals surface area contributed by atoms with E-state index in [2.05, 4.69) is 31.5 Å². The van der Waals surface area contributed by atoms with Crippen molar-refractivity contribution in [1.29, 1.82) is 0 Å². The number of halogens is 1. The molecule has 0 spiro atoms. The van der Waals surface area contributed by atoms with Crippen LogP contribution in [-0.2, 0) is 11.8 Å². The first-order chi connectivity index (χ1) is 12.6. The summed E-state index contributed by atoms with van der Waals surface area (Å²) in [6, 6.07) is 6.86. The first kappa shape index (κ1) is 20.8. The number of nitrogens with one attached hydrogen (secondary N) is 2. The summed E-state index contributed by atoms with van der Waals surface area (Å²) in [6.07, 6.45) is 1.18. The van der Waals surface area contributed by atoms with Crippen molar-refractivity contribution in [2.75, 3.05) is 18.5 Å². The van der Waals surface area contributed by atoms with Gasteiger partial charge in [-0.3, -0.25) is 4.79 Å². The highest BCUT2D eigenvalue weighted by Gasteiger charge is 2.15. The van der Waals surface area contributed by atoms with Crippen molar-refractivity contribution in [3.8, 4) is 5.88 Å². The molecule has 0 radical (unpaired) electrons. The molecular weight excluding hydrogens is 416 g/mol. The predicted molar refractivity (Wildman–Crippen MR) is 107 cm³/mol. The van der Waals surface area contributed by atoms with Gasteiger partial charge in [-0.2, -0.15) is 4.98 Å². The lowest BCUT2D eigenvalue weighted by molar-refractivity contribution is 0.0520. The quantitative estimate of drug-likeness (QED) is 0.672. The minimum absolute atomic E-state index is 0.173. The second kappa shape index (κ2) is 8.90. The summed E-state index contributed by atoms with van der Waals surface area (Å²) in [7, 11) is 1.67. The van der Waals surface area contributed by atoms with Crippen LogP contribution in [0.15, 0.2) is 39.7 Å². The monoisotopic (exact) mass is 438 g/mol. The van der Waals surface area contributed by atoms with Crippen LogP contribution in [0.1, 0.15) is 20.8 Å². The minimum Gasteiger partial charge on any atom is -0.476 e. The summed E-state index contributed by atoms with van der Waals surface area (Å²) in [4.78, 5) is 28.0. The van der Waals surface area contributed by atoms with Crippen molar-refractivity contribution >= 4 is 33.5 Å². The second-order valence-electron chi connectivity index (χ2n) is 6.75. The van der Waals surface area contributed by atoms with Crippen LogP contribution in [0.25, 0.3) is 0 Å². The Kier molecular flexibility index (Phi) is 6.84. The average molecular weight is 439 g/mol. The topological polar surface area (TPSA) is 94.5 Å². The molecule has 0 bridgehead atoms. The summed E-state index contributed by atoms with van der Waals surface area (Å²) in [5.74, 6) is 0.848. The molecule has 0 atom stereocenters. The molecular formula is C18H23BrN4O4. The molecule has 0 aliphatic carbocycles. The van der Waals surface area contributed by atoms with Gasteiger partial charge in [0.05, 0.1) is 6.54 Å². The lowest BCUT2D eigenvalue weighted by Gasteiger charge is -2.19. The van der Waals surface area contributed by atoms with E-state index in [9.17, 15) is 9.59 Å². The van der Waals surface area contributed by atoms with Gasteiger partial charge in [0.15, 0.2) is 0 Å². The van der Waals surface area contributed by atoms with E-state index < -0.39 is 11.7 Å². The number of amides is 1. The van der Waals surface area contributed by atoms with Crippen molar-refractivity contribution in [3.05, 3.63) is 45.3 Å². The number of ether oxygens (including phenoxy) is 2. The maximum Gasteiger partial charge on any atom is 0.407 e. The van der Waals surface area contributed by atoms with Crippen molar-refractivity contribution in [3.63, 3.8) is 0 Å². The molecule has 27 heavy (non-hydrogen) atoms. The highest BCUT2D eigenvalue weighted by atomic mass is 79.9. The molecule has 146 valence electrons. The molecule has 0 aromatic carbocycles. The Hall–Kier alpha value is -2.55. The molecule has 1 amide bonds. The molecule has 2 aromatic rings. The summed E-state index contributed by atoms with van der Waals surface area (Å²) in [6.45, 7) is 5.90. The van der Waals surface area contributed by atoms with Crippen molar-refractivity contribution in [2.24, 2.45) is 7.05 Å². The number of anilines is 2. The fourth-order valence-corrected chi connectivity index (χ4v) is 2.62. The molecule has 0 saturated heterocycles.